The van der Waals surface area contributed by atoms with E-state index in [2.05, 4.69) is 194 Å². The van der Waals surface area contributed by atoms with E-state index in [-0.39, 0.29) is 31.9 Å². The SMILES string of the molecule is CC(C)c1cc2[n-]c3c(-c4nc5c(-c6[c-]c7c(cc6)c6ccccc6n7-c6ccccn6)cccc5n4-c4ccccc4)cc(C(C)(C)C)c(C(C)(C)C)c3c2cc1C(C)C.[Pt+2]. The van der Waals surface area contributed by atoms with Gasteiger partial charge >= 0.3 is 21.1 Å². The molecule has 4 aromatic heterocycles. The summed E-state index contributed by atoms with van der Waals surface area (Å²) in [6.07, 6.45) is 1.85. The second-order valence-electron chi connectivity index (χ2n) is 19.4. The van der Waals surface area contributed by atoms with Gasteiger partial charge in [0.1, 0.15) is 11.6 Å². The van der Waals surface area contributed by atoms with E-state index in [1.807, 2.05) is 18.3 Å². The van der Waals surface area contributed by atoms with Crippen LogP contribution >= 0.6 is 0 Å². The maximum Gasteiger partial charge on any atom is 2.00 e. The van der Waals surface area contributed by atoms with E-state index in [9.17, 15) is 0 Å². The van der Waals surface area contributed by atoms with Crippen LogP contribution in [0, 0.1) is 6.07 Å². The Bertz CT molecular complexity index is 3310. The molecule has 6 aromatic carbocycles. The van der Waals surface area contributed by atoms with Gasteiger partial charge in [0.25, 0.3) is 0 Å². The maximum absolute atomic E-state index is 5.75. The molecule has 0 aliphatic rings. The molecular weight excluding hydrogens is 938 g/mol. The van der Waals surface area contributed by atoms with Gasteiger partial charge in [-0.15, -0.1) is 34.8 Å². The van der Waals surface area contributed by atoms with Crippen LogP contribution < -0.4 is 4.98 Å². The van der Waals surface area contributed by atoms with Crippen LogP contribution in [0.5, 0.6) is 0 Å². The van der Waals surface area contributed by atoms with Crippen molar-refractivity contribution in [3.05, 3.63) is 156 Å². The Hall–Kier alpha value is -5.77. The Balaban J connectivity index is 0.00000490. The van der Waals surface area contributed by atoms with E-state index in [4.69, 9.17) is 15.0 Å². The molecule has 0 N–H and O–H groups in total. The average molecular weight is 991 g/mol. The summed E-state index contributed by atoms with van der Waals surface area (Å²) in [6.45, 7) is 23.3. The predicted molar refractivity (Wildman–Crippen MR) is 257 cm³/mol. The van der Waals surface area contributed by atoms with Crippen molar-refractivity contribution in [2.75, 3.05) is 0 Å². The fourth-order valence-electron chi connectivity index (χ4n) is 9.74. The summed E-state index contributed by atoms with van der Waals surface area (Å²) < 4.78 is 4.57. The molecule has 0 fully saturated rings. The van der Waals surface area contributed by atoms with Crippen molar-refractivity contribution in [3.8, 4) is 34.0 Å². The first-order valence-electron chi connectivity index (χ1n) is 21.8. The minimum absolute atomic E-state index is 0. The number of hydrogen-bond acceptors (Lipinski definition) is 2. The third-order valence-electron chi connectivity index (χ3n) is 12.5. The van der Waals surface area contributed by atoms with Gasteiger partial charge in [0, 0.05) is 23.0 Å². The van der Waals surface area contributed by atoms with Gasteiger partial charge in [0.05, 0.1) is 11.0 Å². The fourth-order valence-corrected chi connectivity index (χ4v) is 9.74. The molecule has 5 nitrogen and oxygen atoms in total. The Labute approximate surface area is 379 Å². The van der Waals surface area contributed by atoms with Crippen LogP contribution in [0.3, 0.4) is 0 Å². The van der Waals surface area contributed by atoms with Crippen LogP contribution in [0.4, 0.5) is 0 Å². The maximum atomic E-state index is 5.75. The molecule has 0 saturated carbocycles. The Morgan fingerprint density at radius 1 is 0.613 bits per heavy atom. The summed E-state index contributed by atoms with van der Waals surface area (Å²) in [6, 6.07) is 47.4. The average Bonchev–Trinajstić information content (AvgIpc) is 3.92. The predicted octanol–water partition coefficient (Wildman–Crippen LogP) is 14.8. The van der Waals surface area contributed by atoms with Crippen molar-refractivity contribution in [2.45, 2.75) is 91.9 Å². The summed E-state index contributed by atoms with van der Waals surface area (Å²) in [5.41, 5.74) is 15.4. The Kier molecular flexibility index (Phi) is 10.2. The molecule has 62 heavy (non-hydrogen) atoms. The van der Waals surface area contributed by atoms with Gasteiger partial charge in [-0.1, -0.05) is 147 Å². The summed E-state index contributed by atoms with van der Waals surface area (Å²) >= 11 is 0. The smallest absolute Gasteiger partial charge is 0.656 e. The molecule has 0 amide bonds. The molecule has 10 rings (SSSR count). The molecule has 6 heteroatoms. The molecule has 0 bridgehead atoms. The molecule has 0 spiro atoms. The van der Waals surface area contributed by atoms with Gasteiger partial charge < -0.3 is 9.55 Å². The number of fused-ring (bicyclic) bond motifs is 7. The Morgan fingerprint density at radius 3 is 2.00 bits per heavy atom. The standard InChI is InChI=1S/C56H53N5.Pt/c1-33(2)40-30-42-45(32-41(40)34(3)4)58-53-43(31-44(55(5,6)7)51(50(42)53)56(8,9)10)54-59-52-37(22-18-24-47(52)60(54)36-19-12-11-13-20-36)35-26-27-39-38-21-14-15-23-46(38)61(48(39)29-35)49-25-16-17-28-57-49;/h11-28,30-34H,1-10H3;/q-2;+2. The van der Waals surface area contributed by atoms with E-state index >= 15 is 0 Å². The molecule has 0 saturated heterocycles. The van der Waals surface area contributed by atoms with Gasteiger partial charge in [-0.25, -0.2) is 9.97 Å². The number of nitrogens with zero attached hydrogens (tertiary/aromatic N) is 5. The molecule has 0 radical (unpaired) electrons. The molecule has 312 valence electrons. The van der Waals surface area contributed by atoms with E-state index in [0.717, 1.165) is 72.5 Å². The molecule has 0 atom stereocenters. The second-order valence-corrected chi connectivity index (χ2v) is 19.4. The van der Waals surface area contributed by atoms with Crippen LogP contribution in [0.2, 0.25) is 0 Å². The van der Waals surface area contributed by atoms with Crippen molar-refractivity contribution >= 4 is 54.6 Å². The topological polar surface area (TPSA) is 49.7 Å². The zero-order chi connectivity index (χ0) is 42.5. The van der Waals surface area contributed by atoms with Crippen LogP contribution in [0.1, 0.15) is 103 Å². The second kappa shape index (κ2) is 15.2. The number of pyridine rings is 1. The molecular formula is C56H53N5Pt. The number of para-hydroxylation sites is 3. The first-order valence-corrected chi connectivity index (χ1v) is 21.8. The van der Waals surface area contributed by atoms with Crippen molar-refractivity contribution in [2.24, 2.45) is 0 Å². The minimum atomic E-state index is -0.154. The molecule has 4 heterocycles. The minimum Gasteiger partial charge on any atom is -0.656 e. The van der Waals surface area contributed by atoms with Gasteiger partial charge in [-0.3, -0.25) is 4.57 Å². The normalized spacial score (nSPS) is 12.5. The van der Waals surface area contributed by atoms with Gasteiger partial charge in [-0.2, -0.15) is 0 Å². The molecule has 0 aliphatic heterocycles. The number of aromatic nitrogens is 5. The third kappa shape index (κ3) is 6.63. The molecule has 0 aliphatic carbocycles. The molecule has 10 aromatic rings. The first-order chi connectivity index (χ1) is 29.2. The van der Waals surface area contributed by atoms with Crippen molar-refractivity contribution in [1.29, 1.82) is 0 Å². The van der Waals surface area contributed by atoms with Crippen molar-refractivity contribution < 1.29 is 21.1 Å². The summed E-state index contributed by atoms with van der Waals surface area (Å²) in [5, 5.41) is 4.79. The van der Waals surface area contributed by atoms with Crippen LogP contribution in [0.25, 0.3) is 88.7 Å². The van der Waals surface area contributed by atoms with Crippen molar-refractivity contribution in [1.82, 2.24) is 24.1 Å². The van der Waals surface area contributed by atoms with Crippen LogP contribution in [0.15, 0.2) is 128 Å². The number of benzene rings is 6. The summed E-state index contributed by atoms with van der Waals surface area (Å²) in [7, 11) is 0. The van der Waals surface area contributed by atoms with Gasteiger partial charge in [0.15, 0.2) is 0 Å². The molecule has 0 unspecified atom stereocenters. The largest absolute Gasteiger partial charge is 2.00 e. The first kappa shape index (κ1) is 41.6. The Morgan fingerprint density at radius 2 is 1.31 bits per heavy atom. The van der Waals surface area contributed by atoms with E-state index < -0.39 is 0 Å². The fraction of sp³-hybridized carbons (Fsp3) is 0.250. The van der Waals surface area contributed by atoms with Gasteiger partial charge in [-0.05, 0) is 109 Å². The zero-order valence-electron chi connectivity index (χ0n) is 37.3. The van der Waals surface area contributed by atoms with E-state index in [1.165, 1.54) is 38.4 Å². The number of imidazole rings is 1. The van der Waals surface area contributed by atoms with Crippen molar-refractivity contribution in [3.63, 3.8) is 0 Å². The summed E-state index contributed by atoms with van der Waals surface area (Å²) in [5.74, 6) is 2.51. The number of rotatable bonds is 6. The zero-order valence-corrected chi connectivity index (χ0v) is 39.6. The van der Waals surface area contributed by atoms with E-state index in [0.29, 0.717) is 11.8 Å². The quantitative estimate of drug-likeness (QED) is 0.156. The van der Waals surface area contributed by atoms with Crippen LogP contribution in [-0.2, 0) is 31.9 Å². The van der Waals surface area contributed by atoms with Crippen LogP contribution in [-0.4, -0.2) is 19.1 Å². The van der Waals surface area contributed by atoms with E-state index in [1.54, 1.807) is 0 Å². The number of hydrogen-bond donors (Lipinski definition) is 0. The van der Waals surface area contributed by atoms with Gasteiger partial charge in [0.2, 0.25) is 0 Å². The summed E-state index contributed by atoms with van der Waals surface area (Å²) in [4.78, 5) is 16.2. The third-order valence-corrected chi connectivity index (χ3v) is 12.5. The monoisotopic (exact) mass is 990 g/mol.